The van der Waals surface area contributed by atoms with Crippen molar-refractivity contribution in [3.63, 3.8) is 0 Å². The third kappa shape index (κ3) is 2.62. The summed E-state index contributed by atoms with van der Waals surface area (Å²) in [5, 5.41) is 14.0. The largest absolute Gasteiger partial charge is 0.349 e. The number of aromatic nitrogens is 4. The molecule has 1 N–H and O–H groups in total. The number of carbonyl (C=O) groups is 1. The smallest absolute Gasteiger partial charge is 0.251 e. The maximum Gasteiger partial charge on any atom is 0.251 e. The Kier molecular flexibility index (Phi) is 2.98. The van der Waals surface area contributed by atoms with Crippen molar-refractivity contribution in [2.24, 2.45) is 5.92 Å². The van der Waals surface area contributed by atoms with Crippen molar-refractivity contribution < 1.29 is 4.79 Å². The first-order valence-corrected chi connectivity index (χ1v) is 6.38. The lowest BCUT2D eigenvalue weighted by Gasteiger charge is -2.12. The van der Waals surface area contributed by atoms with Crippen molar-refractivity contribution >= 4 is 5.91 Å². The van der Waals surface area contributed by atoms with Crippen LogP contribution in [-0.4, -0.2) is 32.2 Å². The van der Waals surface area contributed by atoms with Crippen LogP contribution in [0.1, 0.15) is 30.1 Å². The molecule has 1 fully saturated rings. The van der Waals surface area contributed by atoms with E-state index >= 15 is 0 Å². The van der Waals surface area contributed by atoms with Crippen LogP contribution in [0.25, 0.3) is 5.69 Å². The summed E-state index contributed by atoms with van der Waals surface area (Å²) >= 11 is 0. The van der Waals surface area contributed by atoms with Crippen LogP contribution in [0.15, 0.2) is 30.6 Å². The summed E-state index contributed by atoms with van der Waals surface area (Å²) in [4.78, 5) is 12.0. The average molecular weight is 257 g/mol. The minimum Gasteiger partial charge on any atom is -0.349 e. The fourth-order valence-corrected chi connectivity index (χ4v) is 2.05. The Labute approximate surface area is 110 Å². The number of rotatable bonds is 4. The van der Waals surface area contributed by atoms with Gasteiger partial charge < -0.3 is 5.32 Å². The molecule has 19 heavy (non-hydrogen) atoms. The zero-order chi connectivity index (χ0) is 13.2. The van der Waals surface area contributed by atoms with Gasteiger partial charge in [-0.05, 0) is 60.4 Å². The molecule has 1 aliphatic rings. The van der Waals surface area contributed by atoms with Crippen LogP contribution in [0.4, 0.5) is 0 Å². The Balaban J connectivity index is 1.69. The summed E-state index contributed by atoms with van der Waals surface area (Å²) in [6, 6.07) is 7.48. The van der Waals surface area contributed by atoms with Gasteiger partial charge in [-0.3, -0.25) is 4.79 Å². The van der Waals surface area contributed by atoms with E-state index in [1.165, 1.54) is 19.2 Å². The van der Waals surface area contributed by atoms with Gasteiger partial charge in [-0.1, -0.05) is 0 Å². The molecule has 1 aromatic heterocycles. The quantitative estimate of drug-likeness (QED) is 0.893. The number of nitrogens with one attached hydrogen (secondary N) is 1. The molecule has 1 aromatic carbocycles. The molecule has 1 heterocycles. The highest BCUT2D eigenvalue weighted by atomic mass is 16.1. The predicted octanol–water partition coefficient (Wildman–Crippen LogP) is 1.19. The Morgan fingerprint density at radius 2 is 2.11 bits per heavy atom. The Morgan fingerprint density at radius 1 is 1.37 bits per heavy atom. The van der Waals surface area contributed by atoms with Gasteiger partial charge in [0.25, 0.3) is 5.91 Å². The first kappa shape index (κ1) is 11.8. The first-order chi connectivity index (χ1) is 9.24. The maximum atomic E-state index is 12.0. The molecule has 1 amide bonds. The van der Waals surface area contributed by atoms with Crippen LogP contribution in [0.2, 0.25) is 0 Å². The van der Waals surface area contributed by atoms with E-state index in [0.717, 1.165) is 5.69 Å². The van der Waals surface area contributed by atoms with E-state index in [2.05, 4.69) is 27.8 Å². The Bertz CT molecular complexity index is 559. The summed E-state index contributed by atoms with van der Waals surface area (Å²) in [6.07, 6.45) is 3.96. The lowest BCUT2D eigenvalue weighted by molar-refractivity contribution is 0.0936. The minimum absolute atomic E-state index is 0.0253. The monoisotopic (exact) mass is 257 g/mol. The number of hydrogen-bond donors (Lipinski definition) is 1. The van der Waals surface area contributed by atoms with Gasteiger partial charge in [-0.15, -0.1) is 5.10 Å². The standard InChI is InChI=1S/C13H15N5O/c1-9(10-2-3-10)15-13(19)11-4-6-12(7-5-11)18-8-14-16-17-18/h4-10H,2-3H2,1H3,(H,15,19)/t9-/m0/s1. The number of amides is 1. The lowest BCUT2D eigenvalue weighted by atomic mass is 10.1. The zero-order valence-electron chi connectivity index (χ0n) is 10.7. The second-order valence-electron chi connectivity index (χ2n) is 4.90. The van der Waals surface area contributed by atoms with Crippen LogP contribution in [0.5, 0.6) is 0 Å². The zero-order valence-corrected chi connectivity index (χ0v) is 10.7. The predicted molar refractivity (Wildman–Crippen MR) is 68.8 cm³/mol. The highest BCUT2D eigenvalue weighted by Gasteiger charge is 2.28. The Hall–Kier alpha value is -2.24. The summed E-state index contributed by atoms with van der Waals surface area (Å²) in [5.74, 6) is 0.632. The van der Waals surface area contributed by atoms with Crippen molar-refractivity contribution in [1.82, 2.24) is 25.5 Å². The number of nitrogens with zero attached hydrogens (tertiary/aromatic N) is 4. The minimum atomic E-state index is -0.0253. The van der Waals surface area contributed by atoms with E-state index in [1.807, 2.05) is 12.1 Å². The molecule has 0 bridgehead atoms. The van der Waals surface area contributed by atoms with Gasteiger partial charge in [0.15, 0.2) is 0 Å². The molecule has 0 saturated heterocycles. The fraction of sp³-hybridized carbons (Fsp3) is 0.385. The molecule has 0 spiro atoms. The van der Waals surface area contributed by atoms with Crippen molar-refractivity contribution in [2.45, 2.75) is 25.8 Å². The van der Waals surface area contributed by atoms with Crippen LogP contribution >= 0.6 is 0 Å². The highest BCUT2D eigenvalue weighted by Crippen LogP contribution is 2.32. The molecule has 2 aromatic rings. The molecular formula is C13H15N5O. The first-order valence-electron chi connectivity index (χ1n) is 6.38. The number of tetrazole rings is 1. The average Bonchev–Trinajstić information content (AvgIpc) is 3.14. The van der Waals surface area contributed by atoms with E-state index in [0.29, 0.717) is 11.5 Å². The second-order valence-corrected chi connectivity index (χ2v) is 4.90. The van der Waals surface area contributed by atoms with Gasteiger partial charge in [0.05, 0.1) is 5.69 Å². The topological polar surface area (TPSA) is 72.7 Å². The molecule has 1 aliphatic carbocycles. The molecule has 0 unspecified atom stereocenters. The van der Waals surface area contributed by atoms with Gasteiger partial charge in [0.2, 0.25) is 0 Å². The second kappa shape index (κ2) is 4.79. The molecule has 6 heteroatoms. The third-order valence-electron chi connectivity index (χ3n) is 3.43. The highest BCUT2D eigenvalue weighted by molar-refractivity contribution is 5.94. The summed E-state index contributed by atoms with van der Waals surface area (Å²) < 4.78 is 1.55. The number of benzene rings is 1. The van der Waals surface area contributed by atoms with Crippen molar-refractivity contribution in [2.75, 3.05) is 0 Å². The van der Waals surface area contributed by atoms with E-state index in [4.69, 9.17) is 0 Å². The van der Waals surface area contributed by atoms with E-state index in [1.54, 1.807) is 16.8 Å². The Morgan fingerprint density at radius 3 is 2.68 bits per heavy atom. The molecule has 1 saturated carbocycles. The van der Waals surface area contributed by atoms with E-state index < -0.39 is 0 Å². The van der Waals surface area contributed by atoms with Crippen LogP contribution < -0.4 is 5.32 Å². The van der Waals surface area contributed by atoms with Gasteiger partial charge in [-0.25, -0.2) is 4.68 Å². The lowest BCUT2D eigenvalue weighted by Crippen LogP contribution is -2.33. The number of hydrogen-bond acceptors (Lipinski definition) is 4. The summed E-state index contributed by atoms with van der Waals surface area (Å²) in [6.45, 7) is 2.06. The van der Waals surface area contributed by atoms with Crippen LogP contribution in [0, 0.1) is 5.92 Å². The summed E-state index contributed by atoms with van der Waals surface area (Å²) in [7, 11) is 0. The van der Waals surface area contributed by atoms with E-state index in [9.17, 15) is 4.79 Å². The normalized spacial score (nSPS) is 16.1. The van der Waals surface area contributed by atoms with Crippen LogP contribution in [-0.2, 0) is 0 Å². The van der Waals surface area contributed by atoms with Gasteiger partial charge in [0.1, 0.15) is 6.33 Å². The van der Waals surface area contributed by atoms with Gasteiger partial charge >= 0.3 is 0 Å². The molecule has 98 valence electrons. The molecule has 0 aliphatic heterocycles. The van der Waals surface area contributed by atoms with Crippen molar-refractivity contribution in [3.8, 4) is 5.69 Å². The SMILES string of the molecule is C[C@H](NC(=O)c1ccc(-n2cnnn2)cc1)C1CC1. The van der Waals surface area contributed by atoms with Gasteiger partial charge in [0, 0.05) is 11.6 Å². The molecular weight excluding hydrogens is 242 g/mol. The molecule has 1 atom stereocenters. The summed E-state index contributed by atoms with van der Waals surface area (Å²) in [5.41, 5.74) is 1.49. The van der Waals surface area contributed by atoms with Crippen molar-refractivity contribution in [3.05, 3.63) is 36.2 Å². The third-order valence-corrected chi connectivity index (χ3v) is 3.43. The fourth-order valence-electron chi connectivity index (χ4n) is 2.05. The number of carbonyl (C=O) groups excluding carboxylic acids is 1. The van der Waals surface area contributed by atoms with E-state index in [-0.39, 0.29) is 11.9 Å². The molecule has 3 rings (SSSR count). The van der Waals surface area contributed by atoms with Crippen molar-refractivity contribution in [1.29, 1.82) is 0 Å². The van der Waals surface area contributed by atoms with Crippen LogP contribution in [0.3, 0.4) is 0 Å². The van der Waals surface area contributed by atoms with Gasteiger partial charge in [-0.2, -0.15) is 0 Å². The molecule has 6 nitrogen and oxygen atoms in total. The molecule has 0 radical (unpaired) electrons. The maximum absolute atomic E-state index is 12.0.